The molecule has 0 amide bonds. The van der Waals surface area contributed by atoms with Gasteiger partial charge in [0.2, 0.25) is 0 Å². The van der Waals surface area contributed by atoms with Crippen molar-refractivity contribution in [1.82, 2.24) is 0 Å². The van der Waals surface area contributed by atoms with E-state index in [2.05, 4.69) is 0 Å². The van der Waals surface area contributed by atoms with Crippen molar-refractivity contribution in [2.75, 3.05) is 7.11 Å². The van der Waals surface area contributed by atoms with Crippen LogP contribution in [0.5, 0.6) is 28.7 Å². The van der Waals surface area contributed by atoms with Gasteiger partial charge >= 0.3 is 0 Å². The minimum absolute atomic E-state index is 0.0203. The Labute approximate surface area is 126 Å². The minimum atomic E-state index is -0.628. The first-order valence-corrected chi connectivity index (χ1v) is 6.62. The number of rotatable bonds is 2. The Hall–Kier alpha value is -2.89. The van der Waals surface area contributed by atoms with Crippen LogP contribution in [-0.4, -0.2) is 28.2 Å². The van der Waals surface area contributed by atoms with E-state index in [1.807, 2.05) is 0 Å². The monoisotopic (exact) mass is 302 g/mol. The van der Waals surface area contributed by atoms with Crippen LogP contribution in [0, 0.1) is 0 Å². The van der Waals surface area contributed by atoms with Gasteiger partial charge in [-0.15, -0.1) is 0 Å². The van der Waals surface area contributed by atoms with Crippen molar-refractivity contribution in [1.29, 1.82) is 0 Å². The van der Waals surface area contributed by atoms with E-state index >= 15 is 0 Å². The van der Waals surface area contributed by atoms with Crippen LogP contribution in [0.4, 0.5) is 0 Å². The molecule has 1 aliphatic rings. The zero-order chi connectivity index (χ0) is 15.9. The number of benzene rings is 2. The van der Waals surface area contributed by atoms with E-state index in [0.29, 0.717) is 11.3 Å². The predicted molar refractivity (Wildman–Crippen MR) is 76.7 cm³/mol. The lowest BCUT2D eigenvalue weighted by Crippen LogP contribution is -2.21. The molecule has 1 aliphatic heterocycles. The summed E-state index contributed by atoms with van der Waals surface area (Å²) in [5.41, 5.74) is 0.661. The second-order valence-electron chi connectivity index (χ2n) is 5.00. The van der Waals surface area contributed by atoms with Crippen molar-refractivity contribution in [2.45, 2.75) is 12.5 Å². The second kappa shape index (κ2) is 5.14. The molecule has 0 radical (unpaired) electrons. The first-order chi connectivity index (χ1) is 10.5. The molecular weight excluding hydrogens is 288 g/mol. The normalized spacial score (nSPS) is 16.8. The summed E-state index contributed by atoms with van der Waals surface area (Å²) in [7, 11) is 1.45. The van der Waals surface area contributed by atoms with E-state index in [-0.39, 0.29) is 40.8 Å². The molecule has 6 nitrogen and oxygen atoms in total. The summed E-state index contributed by atoms with van der Waals surface area (Å²) in [4.78, 5) is 12.3. The Balaban J connectivity index is 2.04. The van der Waals surface area contributed by atoms with Gasteiger partial charge in [-0.05, 0) is 12.1 Å². The molecule has 0 unspecified atom stereocenters. The number of Topliss-reactive ketones (excluding diaryl/α,β-unsaturated/α-hetero) is 1. The summed E-state index contributed by atoms with van der Waals surface area (Å²) in [6, 6.07) is 6.90. The maximum atomic E-state index is 12.3. The molecule has 22 heavy (non-hydrogen) atoms. The fourth-order valence-corrected chi connectivity index (χ4v) is 2.56. The van der Waals surface area contributed by atoms with E-state index in [1.54, 1.807) is 6.07 Å². The SMILES string of the molecule is COc1cc(O)ccc1[C@@H]1CC(=O)c2c(O)cc(O)cc2O1. The maximum Gasteiger partial charge on any atom is 0.174 e. The molecule has 0 saturated carbocycles. The molecule has 0 spiro atoms. The molecule has 0 bridgehead atoms. The quantitative estimate of drug-likeness (QED) is 0.789. The van der Waals surface area contributed by atoms with E-state index in [1.165, 1.54) is 25.3 Å². The molecule has 3 rings (SSSR count). The Morgan fingerprint density at radius 1 is 1.14 bits per heavy atom. The van der Waals surface area contributed by atoms with Crippen LogP contribution in [0.2, 0.25) is 0 Å². The van der Waals surface area contributed by atoms with Crippen LogP contribution < -0.4 is 9.47 Å². The lowest BCUT2D eigenvalue weighted by molar-refractivity contribution is 0.0842. The number of carbonyl (C=O) groups is 1. The van der Waals surface area contributed by atoms with Crippen LogP contribution in [0.3, 0.4) is 0 Å². The summed E-state index contributed by atoms with van der Waals surface area (Å²) in [5, 5.41) is 28.8. The van der Waals surface area contributed by atoms with Crippen LogP contribution in [-0.2, 0) is 0 Å². The number of aromatic hydroxyl groups is 3. The third-order valence-corrected chi connectivity index (χ3v) is 3.55. The van der Waals surface area contributed by atoms with Gasteiger partial charge in [0.05, 0.1) is 13.5 Å². The van der Waals surface area contributed by atoms with Gasteiger partial charge in [0, 0.05) is 23.8 Å². The Bertz CT molecular complexity index is 753. The van der Waals surface area contributed by atoms with Crippen molar-refractivity contribution in [3.63, 3.8) is 0 Å². The number of ketones is 1. The number of ether oxygens (including phenoxy) is 2. The van der Waals surface area contributed by atoms with Gasteiger partial charge in [-0.2, -0.15) is 0 Å². The largest absolute Gasteiger partial charge is 0.508 e. The molecule has 2 aromatic carbocycles. The smallest absolute Gasteiger partial charge is 0.174 e. The molecule has 0 aliphatic carbocycles. The lowest BCUT2D eigenvalue weighted by atomic mass is 9.95. The first-order valence-electron chi connectivity index (χ1n) is 6.62. The third-order valence-electron chi connectivity index (χ3n) is 3.55. The number of phenolic OH excluding ortho intramolecular Hbond substituents is 3. The van der Waals surface area contributed by atoms with Gasteiger partial charge in [0.15, 0.2) is 5.78 Å². The highest BCUT2D eigenvalue weighted by Gasteiger charge is 2.32. The van der Waals surface area contributed by atoms with Gasteiger partial charge < -0.3 is 24.8 Å². The summed E-state index contributed by atoms with van der Waals surface area (Å²) < 4.78 is 10.9. The van der Waals surface area contributed by atoms with E-state index < -0.39 is 6.10 Å². The summed E-state index contributed by atoms with van der Waals surface area (Å²) in [6.45, 7) is 0. The van der Waals surface area contributed by atoms with Gasteiger partial charge in [-0.25, -0.2) is 0 Å². The third kappa shape index (κ3) is 2.28. The molecule has 0 aromatic heterocycles. The van der Waals surface area contributed by atoms with Crippen molar-refractivity contribution < 1.29 is 29.6 Å². The molecular formula is C16H14O6. The summed E-state index contributed by atoms with van der Waals surface area (Å²) in [6.07, 6.45) is -0.608. The van der Waals surface area contributed by atoms with Crippen molar-refractivity contribution in [3.05, 3.63) is 41.5 Å². The summed E-state index contributed by atoms with van der Waals surface area (Å²) >= 11 is 0. The fourth-order valence-electron chi connectivity index (χ4n) is 2.56. The highest BCUT2D eigenvalue weighted by atomic mass is 16.5. The van der Waals surface area contributed by atoms with Gasteiger partial charge in [0.1, 0.15) is 40.4 Å². The standard InChI is InChI=1S/C16H14O6/c1-21-13-5-8(17)2-3-10(13)14-7-12(20)16-11(19)4-9(18)6-15(16)22-14/h2-6,14,17-19H,7H2,1H3/t14-/m0/s1. The molecule has 114 valence electrons. The molecule has 0 fully saturated rings. The van der Waals surface area contributed by atoms with Gasteiger partial charge in [0.25, 0.3) is 0 Å². The number of methoxy groups -OCH3 is 1. The van der Waals surface area contributed by atoms with Crippen molar-refractivity contribution in [3.8, 4) is 28.7 Å². The second-order valence-corrected chi connectivity index (χ2v) is 5.00. The van der Waals surface area contributed by atoms with Crippen molar-refractivity contribution in [2.24, 2.45) is 0 Å². The number of hydrogen-bond acceptors (Lipinski definition) is 6. The average molecular weight is 302 g/mol. The molecule has 1 heterocycles. The number of hydrogen-bond donors (Lipinski definition) is 3. The zero-order valence-electron chi connectivity index (χ0n) is 11.7. The van der Waals surface area contributed by atoms with Crippen LogP contribution in [0.15, 0.2) is 30.3 Å². The lowest BCUT2D eigenvalue weighted by Gasteiger charge is -2.27. The van der Waals surface area contributed by atoms with E-state index in [4.69, 9.17) is 9.47 Å². The fraction of sp³-hybridized carbons (Fsp3) is 0.188. The van der Waals surface area contributed by atoms with E-state index in [0.717, 1.165) is 6.07 Å². The highest BCUT2D eigenvalue weighted by Crippen LogP contribution is 2.43. The van der Waals surface area contributed by atoms with Gasteiger partial charge in [-0.3, -0.25) is 4.79 Å². The van der Waals surface area contributed by atoms with E-state index in [9.17, 15) is 20.1 Å². The van der Waals surface area contributed by atoms with Crippen LogP contribution in [0.25, 0.3) is 0 Å². The molecule has 0 saturated heterocycles. The molecule has 2 aromatic rings. The Morgan fingerprint density at radius 2 is 1.91 bits per heavy atom. The number of fused-ring (bicyclic) bond motifs is 1. The minimum Gasteiger partial charge on any atom is -0.508 e. The number of carbonyl (C=O) groups excluding carboxylic acids is 1. The predicted octanol–water partition coefficient (Wildman–Crippen LogP) is 2.52. The topological polar surface area (TPSA) is 96.2 Å². The van der Waals surface area contributed by atoms with Crippen LogP contribution >= 0.6 is 0 Å². The summed E-state index contributed by atoms with van der Waals surface area (Å²) in [5.74, 6) is -0.240. The number of phenols is 3. The Morgan fingerprint density at radius 3 is 2.64 bits per heavy atom. The molecule has 6 heteroatoms. The highest BCUT2D eigenvalue weighted by molar-refractivity contribution is 6.02. The molecule has 3 N–H and O–H groups in total. The maximum absolute atomic E-state index is 12.3. The Kier molecular flexibility index (Phi) is 3.29. The van der Waals surface area contributed by atoms with Gasteiger partial charge in [-0.1, -0.05) is 0 Å². The zero-order valence-corrected chi connectivity index (χ0v) is 11.7. The first kappa shape index (κ1) is 14.1. The average Bonchev–Trinajstić information content (AvgIpc) is 2.45. The van der Waals surface area contributed by atoms with Crippen LogP contribution in [0.1, 0.15) is 28.4 Å². The molecule has 1 atom stereocenters. The van der Waals surface area contributed by atoms with Crippen molar-refractivity contribution >= 4 is 5.78 Å².